The van der Waals surface area contributed by atoms with Crippen LogP contribution in [0.4, 0.5) is 23.1 Å². The lowest BCUT2D eigenvalue weighted by molar-refractivity contribution is -0.384. The molecule has 1 aliphatic heterocycles. The Kier molecular flexibility index (Phi) is 6.68. The Morgan fingerprint density at radius 3 is 2.65 bits per heavy atom. The number of carbonyl (C=O) groups excluding carboxylic acids is 1. The second kappa shape index (κ2) is 10.4. The van der Waals surface area contributed by atoms with Crippen molar-refractivity contribution in [1.82, 2.24) is 24.7 Å². The molecule has 37 heavy (non-hydrogen) atoms. The fraction of sp³-hybridized carbons (Fsp3) is 0.208. The van der Waals surface area contributed by atoms with Crippen LogP contribution in [0.25, 0.3) is 17.1 Å². The predicted octanol–water partition coefficient (Wildman–Crippen LogP) is 3.03. The van der Waals surface area contributed by atoms with E-state index in [9.17, 15) is 14.9 Å². The van der Waals surface area contributed by atoms with Crippen molar-refractivity contribution in [1.29, 1.82) is 0 Å². The summed E-state index contributed by atoms with van der Waals surface area (Å²) in [6, 6.07) is 12.3. The molecule has 1 N–H and O–H groups in total. The van der Waals surface area contributed by atoms with E-state index in [1.54, 1.807) is 17.2 Å². The minimum absolute atomic E-state index is 0.135. The lowest BCUT2D eigenvalue weighted by atomic mass is 10.1. The van der Waals surface area contributed by atoms with Gasteiger partial charge < -0.3 is 19.7 Å². The van der Waals surface area contributed by atoms with E-state index in [0.717, 1.165) is 11.8 Å². The number of pyridine rings is 1. The van der Waals surface area contributed by atoms with Gasteiger partial charge in [-0.1, -0.05) is 30.3 Å². The molecular weight excluding hydrogens is 480 g/mol. The summed E-state index contributed by atoms with van der Waals surface area (Å²) in [5.41, 5.74) is 1.75. The summed E-state index contributed by atoms with van der Waals surface area (Å²) >= 11 is 0. The van der Waals surface area contributed by atoms with Crippen LogP contribution in [0.1, 0.15) is 10.4 Å². The van der Waals surface area contributed by atoms with Crippen LogP contribution in [0.5, 0.6) is 5.88 Å². The van der Waals surface area contributed by atoms with Crippen molar-refractivity contribution in [2.75, 3.05) is 43.6 Å². The van der Waals surface area contributed by atoms with Crippen LogP contribution >= 0.6 is 0 Å². The van der Waals surface area contributed by atoms with Crippen LogP contribution in [-0.4, -0.2) is 69.4 Å². The van der Waals surface area contributed by atoms with Gasteiger partial charge in [0.05, 0.1) is 30.8 Å². The molecule has 1 saturated heterocycles. The molecule has 4 aromatic rings. The van der Waals surface area contributed by atoms with Gasteiger partial charge in [-0.05, 0) is 0 Å². The summed E-state index contributed by atoms with van der Waals surface area (Å²) in [5, 5.41) is 19.3. The fourth-order valence-electron chi connectivity index (χ4n) is 3.93. The van der Waals surface area contributed by atoms with Crippen molar-refractivity contribution in [3.8, 4) is 23.0 Å². The SMILES string of the molecule is COc1nc(N2CCOCC2)c([N+](=O)[O-])cc1Nc1nccc(-n2cc(C=O)c(-c3ccccc3)n2)n1. The van der Waals surface area contributed by atoms with Crippen molar-refractivity contribution >= 4 is 29.4 Å². The van der Waals surface area contributed by atoms with Gasteiger partial charge >= 0.3 is 5.69 Å². The van der Waals surface area contributed by atoms with E-state index >= 15 is 0 Å². The highest BCUT2D eigenvalue weighted by Gasteiger charge is 2.27. The molecule has 1 aromatic carbocycles. The Morgan fingerprint density at radius 2 is 1.95 bits per heavy atom. The second-order valence-electron chi connectivity index (χ2n) is 7.97. The maximum absolute atomic E-state index is 11.9. The molecule has 0 atom stereocenters. The maximum atomic E-state index is 11.9. The van der Waals surface area contributed by atoms with Crippen LogP contribution < -0.4 is 15.0 Å². The summed E-state index contributed by atoms with van der Waals surface area (Å²) in [7, 11) is 1.43. The van der Waals surface area contributed by atoms with Crippen LogP contribution in [0, 0.1) is 10.1 Å². The molecule has 13 nitrogen and oxygen atoms in total. The first-order valence-corrected chi connectivity index (χ1v) is 11.3. The van der Waals surface area contributed by atoms with Gasteiger partial charge in [0.2, 0.25) is 17.6 Å². The lowest BCUT2D eigenvalue weighted by Crippen LogP contribution is -2.37. The highest BCUT2D eigenvalue weighted by atomic mass is 16.6. The quantitative estimate of drug-likeness (QED) is 0.215. The molecule has 0 saturated carbocycles. The predicted molar refractivity (Wildman–Crippen MR) is 134 cm³/mol. The number of nitro groups is 1. The topological polar surface area (TPSA) is 150 Å². The Labute approximate surface area is 210 Å². The first-order valence-electron chi connectivity index (χ1n) is 11.3. The average Bonchev–Trinajstić information content (AvgIpc) is 3.39. The van der Waals surface area contributed by atoms with Crippen LogP contribution in [0.3, 0.4) is 0 Å². The number of morpholine rings is 1. The highest BCUT2D eigenvalue weighted by Crippen LogP contribution is 2.36. The summed E-state index contributed by atoms with van der Waals surface area (Å²) < 4.78 is 12.2. The molecule has 4 heterocycles. The summed E-state index contributed by atoms with van der Waals surface area (Å²) in [6.45, 7) is 1.86. The minimum atomic E-state index is -0.491. The Hall–Kier alpha value is -4.91. The zero-order chi connectivity index (χ0) is 25.8. The molecular formula is C24H22N8O5. The number of carbonyl (C=O) groups is 1. The van der Waals surface area contributed by atoms with Gasteiger partial charge in [0, 0.05) is 43.2 Å². The standard InChI is InChI=1S/C24H22N8O5/c1-36-23-18(13-19(32(34)35)22(28-23)30-9-11-37-12-10-30)26-24-25-8-7-20(27-24)31-14-17(15-33)21(29-31)16-5-3-2-4-6-16/h2-8,13-15H,9-12H2,1H3,(H,25,26,27). The van der Waals surface area contributed by atoms with Gasteiger partial charge in [-0.2, -0.15) is 15.1 Å². The van der Waals surface area contributed by atoms with Crippen molar-refractivity contribution in [2.45, 2.75) is 0 Å². The van der Waals surface area contributed by atoms with E-state index in [-0.39, 0.29) is 29.0 Å². The summed E-state index contributed by atoms with van der Waals surface area (Å²) in [6.07, 6.45) is 3.81. The second-order valence-corrected chi connectivity index (χ2v) is 7.97. The first-order chi connectivity index (χ1) is 18.1. The molecule has 0 amide bonds. The Bertz CT molecular complexity index is 1440. The van der Waals surface area contributed by atoms with Crippen molar-refractivity contribution < 1.29 is 19.2 Å². The van der Waals surface area contributed by atoms with Crippen LogP contribution in [0.15, 0.2) is 54.9 Å². The third-order valence-electron chi connectivity index (χ3n) is 5.69. The molecule has 0 unspecified atom stereocenters. The number of rotatable bonds is 8. The van der Waals surface area contributed by atoms with Gasteiger partial charge in [0.15, 0.2) is 12.1 Å². The van der Waals surface area contributed by atoms with Crippen molar-refractivity contribution in [3.05, 3.63) is 70.5 Å². The summed E-state index contributed by atoms with van der Waals surface area (Å²) in [5.74, 6) is 0.871. The van der Waals surface area contributed by atoms with Crippen molar-refractivity contribution in [2.24, 2.45) is 0 Å². The molecule has 1 aliphatic rings. The Morgan fingerprint density at radius 1 is 1.16 bits per heavy atom. The molecule has 3 aromatic heterocycles. The molecule has 0 spiro atoms. The van der Waals surface area contributed by atoms with Crippen LogP contribution in [0.2, 0.25) is 0 Å². The van der Waals surface area contributed by atoms with Gasteiger partial charge in [-0.25, -0.2) is 9.67 Å². The van der Waals surface area contributed by atoms with E-state index < -0.39 is 4.92 Å². The number of aromatic nitrogens is 5. The lowest BCUT2D eigenvalue weighted by Gasteiger charge is -2.27. The first kappa shape index (κ1) is 23.8. The fourth-order valence-corrected chi connectivity index (χ4v) is 3.93. The molecule has 13 heteroatoms. The van der Waals surface area contributed by atoms with E-state index in [1.807, 2.05) is 30.3 Å². The number of aldehydes is 1. The molecule has 188 valence electrons. The van der Waals surface area contributed by atoms with Gasteiger partial charge in [0.1, 0.15) is 11.4 Å². The van der Waals surface area contributed by atoms with E-state index in [1.165, 1.54) is 24.1 Å². The number of ether oxygens (including phenoxy) is 2. The smallest absolute Gasteiger partial charge is 0.313 e. The number of hydrogen-bond acceptors (Lipinski definition) is 11. The zero-order valence-electron chi connectivity index (χ0n) is 19.8. The largest absolute Gasteiger partial charge is 0.479 e. The van der Waals surface area contributed by atoms with E-state index in [4.69, 9.17) is 9.47 Å². The highest BCUT2D eigenvalue weighted by molar-refractivity contribution is 5.85. The Balaban J connectivity index is 1.48. The number of nitrogens with one attached hydrogen (secondary N) is 1. The number of hydrogen-bond donors (Lipinski definition) is 1. The monoisotopic (exact) mass is 502 g/mol. The molecule has 1 fully saturated rings. The number of nitrogens with zero attached hydrogens (tertiary/aromatic N) is 7. The van der Waals surface area contributed by atoms with Gasteiger partial charge in [-0.15, -0.1) is 0 Å². The molecule has 0 aliphatic carbocycles. The van der Waals surface area contributed by atoms with Crippen LogP contribution in [-0.2, 0) is 4.74 Å². The van der Waals surface area contributed by atoms with E-state index in [2.05, 4.69) is 25.4 Å². The number of anilines is 3. The number of methoxy groups -OCH3 is 1. The minimum Gasteiger partial charge on any atom is -0.479 e. The zero-order valence-corrected chi connectivity index (χ0v) is 19.8. The van der Waals surface area contributed by atoms with Crippen molar-refractivity contribution in [3.63, 3.8) is 0 Å². The third-order valence-corrected chi connectivity index (χ3v) is 5.69. The normalized spacial score (nSPS) is 13.3. The van der Waals surface area contributed by atoms with E-state index in [0.29, 0.717) is 43.4 Å². The van der Waals surface area contributed by atoms with Gasteiger partial charge in [-0.3, -0.25) is 14.9 Å². The van der Waals surface area contributed by atoms with Gasteiger partial charge in [0.25, 0.3) is 0 Å². The molecule has 0 radical (unpaired) electrons. The molecule has 5 rings (SSSR count). The summed E-state index contributed by atoms with van der Waals surface area (Å²) in [4.78, 5) is 37.9. The maximum Gasteiger partial charge on any atom is 0.313 e. The molecule has 0 bridgehead atoms. The number of benzene rings is 1. The third kappa shape index (κ3) is 4.92. The average molecular weight is 502 g/mol.